The topological polar surface area (TPSA) is 89.3 Å². The highest BCUT2D eigenvalue weighted by Gasteiger charge is 2.49. The minimum Gasteiger partial charge on any atom is -0.481 e. The third-order valence-electron chi connectivity index (χ3n) is 4.15. The van der Waals surface area contributed by atoms with Crippen molar-refractivity contribution in [3.05, 3.63) is 29.7 Å². The number of rotatable bonds is 3. The van der Waals surface area contributed by atoms with E-state index < -0.39 is 17.4 Å². The van der Waals surface area contributed by atoms with E-state index in [2.05, 4.69) is 4.98 Å². The molecule has 1 fully saturated rings. The van der Waals surface area contributed by atoms with Gasteiger partial charge in [0, 0.05) is 13.0 Å². The zero-order chi connectivity index (χ0) is 13.6. The van der Waals surface area contributed by atoms with Crippen LogP contribution in [0.1, 0.15) is 36.8 Å². The van der Waals surface area contributed by atoms with Crippen molar-refractivity contribution < 1.29 is 14.3 Å². The lowest BCUT2D eigenvalue weighted by Crippen LogP contribution is -2.46. The zero-order valence-corrected chi connectivity index (χ0v) is 10.7. The summed E-state index contributed by atoms with van der Waals surface area (Å²) < 4.78 is 5.47. The molecule has 0 saturated heterocycles. The van der Waals surface area contributed by atoms with Gasteiger partial charge < -0.3 is 15.3 Å². The average Bonchev–Trinajstić information content (AvgIpc) is 2.65. The lowest BCUT2D eigenvalue weighted by molar-refractivity contribution is -0.156. The summed E-state index contributed by atoms with van der Waals surface area (Å²) in [6.07, 6.45) is 2.19. The Morgan fingerprint density at radius 2 is 2.26 bits per heavy atom. The van der Waals surface area contributed by atoms with Crippen molar-refractivity contribution in [3.63, 3.8) is 0 Å². The van der Waals surface area contributed by atoms with Gasteiger partial charge in [-0.15, -0.1) is 0 Å². The molecule has 0 aliphatic heterocycles. The molecule has 0 spiro atoms. The zero-order valence-electron chi connectivity index (χ0n) is 10.7. The van der Waals surface area contributed by atoms with Gasteiger partial charge in [-0.1, -0.05) is 12.5 Å². The minimum absolute atomic E-state index is 0.506. The van der Waals surface area contributed by atoms with Crippen molar-refractivity contribution in [1.82, 2.24) is 4.98 Å². The lowest BCUT2D eigenvalue weighted by atomic mass is 9.62. The van der Waals surface area contributed by atoms with Crippen LogP contribution >= 0.6 is 0 Å². The van der Waals surface area contributed by atoms with Gasteiger partial charge in [-0.3, -0.25) is 4.79 Å². The van der Waals surface area contributed by atoms with Crippen LogP contribution in [0.5, 0.6) is 0 Å². The number of carbonyl (C=O) groups is 1. The number of fused-ring (bicyclic) bond motifs is 1. The van der Waals surface area contributed by atoms with Crippen LogP contribution in [0.2, 0.25) is 0 Å². The highest BCUT2D eigenvalue weighted by molar-refractivity contribution is 5.78. The molecule has 0 bridgehead atoms. The molecule has 0 amide bonds. The molecule has 3 rings (SSSR count). The molecule has 5 nitrogen and oxygen atoms in total. The van der Waals surface area contributed by atoms with E-state index in [0.29, 0.717) is 24.3 Å². The van der Waals surface area contributed by atoms with Crippen LogP contribution in [-0.2, 0) is 4.79 Å². The Balaban J connectivity index is 2.01. The van der Waals surface area contributed by atoms with Gasteiger partial charge in [-0.05, 0) is 30.5 Å². The van der Waals surface area contributed by atoms with Crippen LogP contribution in [0, 0.1) is 12.3 Å². The average molecular weight is 260 g/mol. The van der Waals surface area contributed by atoms with E-state index in [1.54, 1.807) is 6.92 Å². The second-order valence-corrected chi connectivity index (χ2v) is 5.25. The maximum absolute atomic E-state index is 11.5. The van der Waals surface area contributed by atoms with Crippen molar-refractivity contribution in [1.29, 1.82) is 0 Å². The molecule has 1 aliphatic rings. The summed E-state index contributed by atoms with van der Waals surface area (Å²) in [7, 11) is 0. The molecule has 1 heterocycles. The maximum atomic E-state index is 11.5. The fourth-order valence-corrected chi connectivity index (χ4v) is 2.78. The Morgan fingerprint density at radius 1 is 1.53 bits per heavy atom. The van der Waals surface area contributed by atoms with E-state index in [9.17, 15) is 9.90 Å². The number of oxazole rings is 1. The number of carboxylic acids is 1. The van der Waals surface area contributed by atoms with Crippen LogP contribution in [0.4, 0.5) is 0 Å². The molecule has 19 heavy (non-hydrogen) atoms. The molecular formula is C14H16N2O3. The van der Waals surface area contributed by atoms with Crippen molar-refractivity contribution in [2.45, 2.75) is 32.2 Å². The van der Waals surface area contributed by atoms with E-state index >= 15 is 0 Å². The van der Waals surface area contributed by atoms with Crippen molar-refractivity contribution in [2.24, 2.45) is 11.1 Å². The molecule has 1 aromatic heterocycles. The highest BCUT2D eigenvalue weighted by Crippen LogP contribution is 2.49. The molecule has 2 aromatic rings. The van der Waals surface area contributed by atoms with Gasteiger partial charge in [0.15, 0.2) is 11.5 Å². The first-order valence-corrected chi connectivity index (χ1v) is 6.39. The van der Waals surface area contributed by atoms with Gasteiger partial charge in [0.05, 0.1) is 5.41 Å². The van der Waals surface area contributed by atoms with Crippen LogP contribution in [0.15, 0.2) is 22.6 Å². The first-order chi connectivity index (χ1) is 9.03. The minimum atomic E-state index is -0.817. The molecule has 1 saturated carbocycles. The third-order valence-corrected chi connectivity index (χ3v) is 4.15. The first kappa shape index (κ1) is 12.2. The van der Waals surface area contributed by atoms with E-state index in [0.717, 1.165) is 17.5 Å². The fraction of sp³-hybridized carbons (Fsp3) is 0.429. The molecular weight excluding hydrogens is 244 g/mol. The Bertz CT molecular complexity index is 643. The van der Waals surface area contributed by atoms with Gasteiger partial charge in [-0.2, -0.15) is 0 Å². The second kappa shape index (κ2) is 4.06. The summed E-state index contributed by atoms with van der Waals surface area (Å²) in [6, 6.07) is 4.98. The monoisotopic (exact) mass is 260 g/mol. The van der Waals surface area contributed by atoms with Gasteiger partial charge in [0.25, 0.3) is 0 Å². The van der Waals surface area contributed by atoms with Crippen LogP contribution in [0.25, 0.3) is 11.1 Å². The summed E-state index contributed by atoms with van der Waals surface area (Å²) in [6.45, 7) is 1.78. The lowest BCUT2D eigenvalue weighted by Gasteiger charge is -2.42. The number of aromatic nitrogens is 1. The summed E-state index contributed by atoms with van der Waals surface area (Å²) in [5, 5.41) is 9.42. The number of nitrogens with zero attached hydrogens (tertiary/aromatic N) is 1. The molecule has 0 radical (unpaired) electrons. The van der Waals surface area contributed by atoms with E-state index in [-0.39, 0.29) is 0 Å². The number of aryl methyl sites for hydroxylation is 1. The van der Waals surface area contributed by atoms with E-state index in [4.69, 9.17) is 10.2 Å². The SMILES string of the molecule is Cc1nc2ccc(C(N)C3(C(=O)O)CCC3)cc2o1. The number of aliphatic carboxylic acids is 1. The third kappa shape index (κ3) is 1.73. The molecule has 100 valence electrons. The Hall–Kier alpha value is -1.88. The van der Waals surface area contributed by atoms with Crippen molar-refractivity contribution in [2.75, 3.05) is 0 Å². The number of nitrogens with two attached hydrogens (primary N) is 1. The molecule has 1 atom stereocenters. The number of benzene rings is 1. The van der Waals surface area contributed by atoms with E-state index in [1.165, 1.54) is 0 Å². The molecule has 1 aromatic carbocycles. The molecule has 5 heteroatoms. The predicted octanol–water partition coefficient (Wildman–Crippen LogP) is 2.39. The quantitative estimate of drug-likeness (QED) is 0.884. The van der Waals surface area contributed by atoms with Gasteiger partial charge in [0.1, 0.15) is 5.52 Å². The number of carboxylic acid groups (broad SMARTS) is 1. The van der Waals surface area contributed by atoms with E-state index in [1.807, 2.05) is 18.2 Å². The standard InChI is InChI=1S/C14H16N2O3/c1-8-16-10-4-3-9(7-11(10)19-8)12(15)14(13(17)18)5-2-6-14/h3-4,7,12H,2,5-6,15H2,1H3,(H,17,18). The number of hydrogen-bond donors (Lipinski definition) is 2. The summed E-state index contributed by atoms with van der Waals surface area (Å²) in [4.78, 5) is 15.7. The Kier molecular flexibility index (Phi) is 2.60. The molecule has 1 unspecified atom stereocenters. The summed E-state index contributed by atoms with van der Waals surface area (Å²) >= 11 is 0. The predicted molar refractivity (Wildman–Crippen MR) is 69.6 cm³/mol. The van der Waals surface area contributed by atoms with Gasteiger partial charge >= 0.3 is 5.97 Å². The largest absolute Gasteiger partial charge is 0.481 e. The van der Waals surface area contributed by atoms with Crippen LogP contribution < -0.4 is 5.73 Å². The van der Waals surface area contributed by atoms with Crippen LogP contribution in [0.3, 0.4) is 0 Å². The number of hydrogen-bond acceptors (Lipinski definition) is 4. The Labute approximate surface area is 110 Å². The Morgan fingerprint density at radius 3 is 2.84 bits per heavy atom. The second-order valence-electron chi connectivity index (χ2n) is 5.25. The summed E-state index contributed by atoms with van der Waals surface area (Å²) in [5.74, 6) is -0.211. The van der Waals surface area contributed by atoms with Crippen molar-refractivity contribution >= 4 is 17.1 Å². The first-order valence-electron chi connectivity index (χ1n) is 6.39. The van der Waals surface area contributed by atoms with Gasteiger partial charge in [0.2, 0.25) is 0 Å². The van der Waals surface area contributed by atoms with Crippen LogP contribution in [-0.4, -0.2) is 16.1 Å². The summed E-state index contributed by atoms with van der Waals surface area (Å²) in [5.41, 5.74) is 7.60. The highest BCUT2D eigenvalue weighted by atomic mass is 16.4. The normalized spacial score (nSPS) is 19.1. The maximum Gasteiger partial charge on any atom is 0.311 e. The molecule has 3 N–H and O–H groups in total. The van der Waals surface area contributed by atoms with Crippen molar-refractivity contribution in [3.8, 4) is 0 Å². The molecule has 1 aliphatic carbocycles. The fourth-order valence-electron chi connectivity index (χ4n) is 2.78. The smallest absolute Gasteiger partial charge is 0.311 e. The van der Waals surface area contributed by atoms with Gasteiger partial charge in [-0.25, -0.2) is 4.98 Å².